The molecule has 4 rings (SSSR count). The van der Waals surface area contributed by atoms with Crippen LogP contribution in [0, 0.1) is 0 Å². The number of Topliss-reactive ketones (excluding diaryl/α,β-unsaturated/α-hetero) is 1. The first kappa shape index (κ1) is 21.8. The molecule has 1 aliphatic rings. The normalized spacial score (nSPS) is 13.1. The molecule has 0 fully saturated rings. The summed E-state index contributed by atoms with van der Waals surface area (Å²) < 4.78 is 27.3. The molecule has 0 bridgehead atoms. The van der Waals surface area contributed by atoms with E-state index in [9.17, 15) is 23.2 Å². The zero-order chi connectivity index (χ0) is 23.0. The molecule has 2 amide bonds. The van der Waals surface area contributed by atoms with Gasteiger partial charge in [-0.1, -0.05) is 11.6 Å². The number of rotatable bonds is 5. The second-order valence-corrected chi connectivity index (χ2v) is 10.3. The summed E-state index contributed by atoms with van der Waals surface area (Å²) in [6.45, 7) is 0. The molecule has 0 aliphatic carbocycles. The molecule has 3 aromatic rings. The molecule has 0 saturated carbocycles. The van der Waals surface area contributed by atoms with E-state index < -0.39 is 16.1 Å². The minimum atomic E-state index is -4.05. The van der Waals surface area contributed by atoms with E-state index in [1.54, 1.807) is 25.2 Å². The van der Waals surface area contributed by atoms with Crippen LogP contribution in [0.1, 0.15) is 15.9 Å². The number of benzene rings is 2. The van der Waals surface area contributed by atoms with Gasteiger partial charge in [-0.3, -0.25) is 10.0 Å². The molecular formula is C20H16ClN4O5S2+. The van der Waals surface area contributed by atoms with Gasteiger partial charge in [-0.15, -0.1) is 11.3 Å². The lowest BCUT2D eigenvalue weighted by molar-refractivity contribution is -0.709. The molecule has 0 radical (unpaired) electrons. The van der Waals surface area contributed by atoms with Crippen molar-refractivity contribution >= 4 is 67.5 Å². The second kappa shape index (κ2) is 8.26. The van der Waals surface area contributed by atoms with Crippen molar-refractivity contribution in [3.8, 4) is 0 Å². The Morgan fingerprint density at radius 3 is 2.38 bits per heavy atom. The number of halogens is 1. The lowest BCUT2D eigenvalue weighted by Crippen LogP contribution is -2.33. The topological polar surface area (TPSA) is 128 Å². The SMILES string of the molecule is CNc1ccc2c(c1)[N+](O)=C(c1ccc(NC(=O)NS(=O)(=O)c3ccc(Cl)s3)cc1)C2=O. The van der Waals surface area contributed by atoms with Gasteiger partial charge in [0.15, 0.2) is 0 Å². The number of urea groups is 1. The van der Waals surface area contributed by atoms with Crippen LogP contribution in [0.3, 0.4) is 0 Å². The molecule has 0 spiro atoms. The maximum Gasteiger partial charge on any atom is 0.333 e. The van der Waals surface area contributed by atoms with Gasteiger partial charge < -0.3 is 10.6 Å². The Balaban J connectivity index is 1.50. The molecule has 0 saturated heterocycles. The molecule has 1 aromatic heterocycles. The fourth-order valence-electron chi connectivity index (χ4n) is 3.13. The molecule has 12 heteroatoms. The van der Waals surface area contributed by atoms with Gasteiger partial charge in [0.05, 0.1) is 9.90 Å². The van der Waals surface area contributed by atoms with Gasteiger partial charge >= 0.3 is 11.7 Å². The number of ketones is 1. The Morgan fingerprint density at radius 2 is 1.75 bits per heavy atom. The highest BCUT2D eigenvalue weighted by Gasteiger charge is 2.40. The first-order chi connectivity index (χ1) is 15.2. The third kappa shape index (κ3) is 4.05. The average Bonchev–Trinajstić information content (AvgIpc) is 3.30. The van der Waals surface area contributed by atoms with Gasteiger partial charge in [-0.05, 0) is 48.5 Å². The number of hydrogen-bond acceptors (Lipinski definition) is 7. The minimum Gasteiger partial charge on any atom is -0.388 e. The zero-order valence-electron chi connectivity index (χ0n) is 16.4. The van der Waals surface area contributed by atoms with E-state index in [0.29, 0.717) is 16.8 Å². The molecule has 9 nitrogen and oxygen atoms in total. The smallest absolute Gasteiger partial charge is 0.333 e. The van der Waals surface area contributed by atoms with Crippen LogP contribution in [0.5, 0.6) is 0 Å². The molecule has 0 unspecified atom stereocenters. The van der Waals surface area contributed by atoms with Gasteiger partial charge in [-0.2, -0.15) is 0 Å². The first-order valence-electron chi connectivity index (χ1n) is 9.11. The molecule has 0 atom stereocenters. The standard InChI is InChI=1S/C20H15ClN4O5S2/c1-22-13-6-7-14-15(10-13)25(28)18(19(14)26)11-2-4-12(5-3-11)23-20(27)24-32(29,30)17-9-8-16(21)31-17/h2-10,28H,1H3,(H2,22,24,26,27)/p+1. The summed E-state index contributed by atoms with van der Waals surface area (Å²) in [7, 11) is -2.32. The molecule has 32 heavy (non-hydrogen) atoms. The number of fused-ring (bicyclic) bond motifs is 1. The molecular weight excluding hydrogens is 476 g/mol. The van der Waals surface area contributed by atoms with Gasteiger partial charge in [0.25, 0.3) is 21.5 Å². The Kier molecular flexibility index (Phi) is 5.63. The van der Waals surface area contributed by atoms with E-state index in [2.05, 4.69) is 10.6 Å². The van der Waals surface area contributed by atoms with Crippen molar-refractivity contribution in [2.75, 3.05) is 17.7 Å². The fourth-order valence-corrected chi connectivity index (χ4v) is 5.52. The predicted octanol–water partition coefficient (Wildman–Crippen LogP) is 3.67. The van der Waals surface area contributed by atoms with Crippen LogP contribution >= 0.6 is 22.9 Å². The lowest BCUT2D eigenvalue weighted by Gasteiger charge is -2.07. The summed E-state index contributed by atoms with van der Waals surface area (Å²) in [5.41, 5.74) is 2.24. The van der Waals surface area contributed by atoms with E-state index in [4.69, 9.17) is 11.6 Å². The van der Waals surface area contributed by atoms with Gasteiger partial charge in [0.2, 0.25) is 0 Å². The van der Waals surface area contributed by atoms with E-state index in [1.165, 1.54) is 36.4 Å². The first-order valence-corrected chi connectivity index (χ1v) is 11.8. The highest BCUT2D eigenvalue weighted by atomic mass is 35.5. The summed E-state index contributed by atoms with van der Waals surface area (Å²) in [6.07, 6.45) is 0. The minimum absolute atomic E-state index is 0.0707. The van der Waals surface area contributed by atoms with Crippen molar-refractivity contribution in [1.29, 1.82) is 0 Å². The van der Waals surface area contributed by atoms with Crippen molar-refractivity contribution in [3.63, 3.8) is 0 Å². The molecule has 2 heterocycles. The van der Waals surface area contributed by atoms with Gasteiger partial charge in [-0.25, -0.2) is 17.9 Å². The molecule has 1 aliphatic heterocycles. The number of sulfonamides is 1. The fraction of sp³-hybridized carbons (Fsp3) is 0.0500. The largest absolute Gasteiger partial charge is 0.388 e. The Morgan fingerprint density at radius 1 is 1.06 bits per heavy atom. The van der Waals surface area contributed by atoms with Crippen LogP contribution in [-0.2, 0) is 10.0 Å². The Hall–Kier alpha value is -3.41. The van der Waals surface area contributed by atoms with Crippen LogP contribution in [0.25, 0.3) is 0 Å². The van der Waals surface area contributed by atoms with Crippen LogP contribution in [-0.4, -0.2) is 42.9 Å². The Bertz CT molecular complexity index is 1380. The van der Waals surface area contributed by atoms with Crippen molar-refractivity contribution in [2.24, 2.45) is 0 Å². The summed E-state index contributed by atoms with van der Waals surface area (Å²) in [4.78, 5) is 24.9. The van der Waals surface area contributed by atoms with Crippen LogP contribution in [0.2, 0.25) is 4.34 Å². The third-order valence-corrected chi connectivity index (χ3v) is 7.70. The maximum absolute atomic E-state index is 12.7. The zero-order valence-corrected chi connectivity index (χ0v) is 18.8. The number of anilines is 2. The molecule has 4 N–H and O–H groups in total. The van der Waals surface area contributed by atoms with E-state index in [-0.39, 0.29) is 25.7 Å². The van der Waals surface area contributed by atoms with E-state index in [0.717, 1.165) is 21.8 Å². The highest BCUT2D eigenvalue weighted by molar-refractivity contribution is 7.92. The molecule has 2 aromatic carbocycles. The predicted molar refractivity (Wildman–Crippen MR) is 121 cm³/mol. The maximum atomic E-state index is 12.7. The number of carbonyl (C=O) groups is 2. The quantitative estimate of drug-likeness (QED) is 0.318. The number of thiophene rings is 1. The summed E-state index contributed by atoms with van der Waals surface area (Å²) >= 11 is 6.57. The van der Waals surface area contributed by atoms with E-state index >= 15 is 0 Å². The third-order valence-electron chi connectivity index (χ3n) is 4.64. The van der Waals surface area contributed by atoms with Crippen molar-refractivity contribution < 1.29 is 28.0 Å². The number of nitrogens with zero attached hydrogens (tertiary/aromatic N) is 1. The average molecular weight is 492 g/mol. The number of nitrogens with one attached hydrogen (secondary N) is 3. The van der Waals surface area contributed by atoms with Crippen LogP contribution < -0.4 is 15.4 Å². The van der Waals surface area contributed by atoms with E-state index in [1.807, 2.05) is 4.72 Å². The van der Waals surface area contributed by atoms with Crippen molar-refractivity contribution in [1.82, 2.24) is 4.72 Å². The van der Waals surface area contributed by atoms with Gasteiger partial charge in [0, 0.05) is 29.2 Å². The lowest BCUT2D eigenvalue weighted by atomic mass is 10.0. The van der Waals surface area contributed by atoms with Crippen LogP contribution in [0.4, 0.5) is 21.9 Å². The number of amides is 2. The van der Waals surface area contributed by atoms with Crippen molar-refractivity contribution in [3.05, 3.63) is 70.1 Å². The number of carbonyl (C=O) groups excluding carboxylic acids is 2. The molecule has 164 valence electrons. The summed E-state index contributed by atoms with van der Waals surface area (Å²) in [5.74, 6) is -0.343. The Labute approximate surface area is 192 Å². The number of hydrogen-bond donors (Lipinski definition) is 4. The van der Waals surface area contributed by atoms with Crippen molar-refractivity contribution in [2.45, 2.75) is 4.21 Å². The monoisotopic (exact) mass is 491 g/mol. The summed E-state index contributed by atoms with van der Waals surface area (Å²) in [5, 5.41) is 15.9. The van der Waals surface area contributed by atoms with Gasteiger partial charge in [0.1, 0.15) is 9.77 Å². The summed E-state index contributed by atoms with van der Waals surface area (Å²) in [6, 6.07) is 12.8. The second-order valence-electron chi connectivity index (χ2n) is 6.67. The highest BCUT2D eigenvalue weighted by Crippen LogP contribution is 2.30. The van der Waals surface area contributed by atoms with Crippen LogP contribution in [0.15, 0.2) is 58.8 Å².